The van der Waals surface area contributed by atoms with Gasteiger partial charge < -0.3 is 10.6 Å². The molecule has 3 atom stereocenters. The molecular formula is C21H28N2O2. The summed E-state index contributed by atoms with van der Waals surface area (Å²) in [6.07, 6.45) is 5.69. The molecule has 134 valence electrons. The van der Waals surface area contributed by atoms with Gasteiger partial charge in [-0.15, -0.1) is 0 Å². The monoisotopic (exact) mass is 340 g/mol. The Kier molecular flexibility index (Phi) is 4.72. The number of benzene rings is 1. The van der Waals surface area contributed by atoms with Crippen molar-refractivity contribution in [3.8, 4) is 0 Å². The zero-order valence-electron chi connectivity index (χ0n) is 15.4. The third-order valence-corrected chi connectivity index (χ3v) is 5.87. The van der Waals surface area contributed by atoms with Gasteiger partial charge in [-0.05, 0) is 52.0 Å². The zero-order chi connectivity index (χ0) is 18.2. The van der Waals surface area contributed by atoms with Gasteiger partial charge in [0, 0.05) is 12.1 Å². The maximum atomic E-state index is 13.0. The smallest absolute Gasteiger partial charge is 0.227 e. The molecule has 2 heterocycles. The van der Waals surface area contributed by atoms with E-state index in [1.165, 1.54) is 11.1 Å². The first-order valence-corrected chi connectivity index (χ1v) is 9.13. The van der Waals surface area contributed by atoms with Crippen LogP contribution in [0.1, 0.15) is 50.7 Å². The predicted octanol–water partition coefficient (Wildman–Crippen LogP) is 3.13. The quantitative estimate of drug-likeness (QED) is 0.837. The number of carbonyl (C=O) groups is 2. The number of nitrogens with two attached hydrogens (primary N) is 1. The van der Waals surface area contributed by atoms with Crippen LogP contribution in [0, 0.1) is 12.3 Å². The van der Waals surface area contributed by atoms with Gasteiger partial charge in [-0.2, -0.15) is 0 Å². The lowest BCUT2D eigenvalue weighted by molar-refractivity contribution is -0.134. The average molecular weight is 340 g/mol. The molecule has 0 aliphatic carbocycles. The van der Waals surface area contributed by atoms with E-state index in [1.54, 1.807) is 0 Å². The molecule has 25 heavy (non-hydrogen) atoms. The summed E-state index contributed by atoms with van der Waals surface area (Å²) in [5.41, 5.74) is 8.63. The number of hydrogen-bond donors (Lipinski definition) is 1. The molecule has 0 unspecified atom stereocenters. The summed E-state index contributed by atoms with van der Waals surface area (Å²) in [6, 6.07) is 8.18. The SMILES string of the molecule is CC(C)=CC[C@@]1(C(N)=O)C[C@@H]2CC[C@H]1N2C(=O)Cc1ccc(C)cc1. The minimum atomic E-state index is -0.594. The number of fused-ring (bicyclic) bond motifs is 2. The maximum absolute atomic E-state index is 13.0. The van der Waals surface area contributed by atoms with Crippen LogP contribution < -0.4 is 5.73 Å². The number of carbonyl (C=O) groups excluding carboxylic acids is 2. The Bertz CT molecular complexity index is 703. The van der Waals surface area contributed by atoms with Crippen molar-refractivity contribution in [1.82, 2.24) is 4.90 Å². The first-order valence-electron chi connectivity index (χ1n) is 9.13. The molecule has 4 heteroatoms. The molecule has 2 N–H and O–H groups in total. The van der Waals surface area contributed by atoms with Crippen molar-refractivity contribution in [2.24, 2.45) is 11.1 Å². The number of amides is 2. The summed E-state index contributed by atoms with van der Waals surface area (Å²) in [7, 11) is 0. The second-order valence-electron chi connectivity index (χ2n) is 7.92. The highest BCUT2D eigenvalue weighted by Crippen LogP contribution is 2.52. The van der Waals surface area contributed by atoms with Crippen molar-refractivity contribution in [1.29, 1.82) is 0 Å². The molecule has 0 saturated carbocycles. The number of hydrogen-bond acceptors (Lipinski definition) is 2. The van der Waals surface area contributed by atoms with Crippen LogP contribution in [0.4, 0.5) is 0 Å². The van der Waals surface area contributed by atoms with Crippen molar-refractivity contribution < 1.29 is 9.59 Å². The number of rotatable bonds is 5. The van der Waals surface area contributed by atoms with E-state index in [1.807, 2.05) is 49.9 Å². The molecule has 2 amide bonds. The Hall–Kier alpha value is -2.10. The van der Waals surface area contributed by atoms with Gasteiger partial charge >= 0.3 is 0 Å². The van der Waals surface area contributed by atoms with Gasteiger partial charge in [-0.25, -0.2) is 0 Å². The fraction of sp³-hybridized carbons (Fsp3) is 0.524. The first-order chi connectivity index (χ1) is 11.8. The molecular weight excluding hydrogens is 312 g/mol. The van der Waals surface area contributed by atoms with Crippen LogP contribution >= 0.6 is 0 Å². The van der Waals surface area contributed by atoms with Gasteiger partial charge in [0.2, 0.25) is 11.8 Å². The van der Waals surface area contributed by atoms with Crippen LogP contribution in [-0.4, -0.2) is 28.8 Å². The van der Waals surface area contributed by atoms with E-state index < -0.39 is 5.41 Å². The molecule has 0 aromatic heterocycles. The van der Waals surface area contributed by atoms with E-state index in [4.69, 9.17) is 5.73 Å². The van der Waals surface area contributed by atoms with Crippen molar-refractivity contribution in [2.45, 2.75) is 65.0 Å². The van der Waals surface area contributed by atoms with Crippen molar-refractivity contribution in [3.05, 3.63) is 47.0 Å². The lowest BCUT2D eigenvalue weighted by atomic mass is 9.70. The molecule has 0 spiro atoms. The van der Waals surface area contributed by atoms with Crippen molar-refractivity contribution in [3.63, 3.8) is 0 Å². The molecule has 2 bridgehead atoms. The highest BCUT2D eigenvalue weighted by Gasteiger charge is 2.59. The minimum Gasteiger partial charge on any atom is -0.369 e. The van der Waals surface area contributed by atoms with Crippen molar-refractivity contribution in [2.75, 3.05) is 0 Å². The second kappa shape index (κ2) is 6.66. The van der Waals surface area contributed by atoms with Gasteiger partial charge in [0.25, 0.3) is 0 Å². The molecule has 4 nitrogen and oxygen atoms in total. The lowest BCUT2D eigenvalue weighted by Crippen LogP contribution is -2.48. The van der Waals surface area contributed by atoms with E-state index in [0.29, 0.717) is 19.3 Å². The van der Waals surface area contributed by atoms with Gasteiger partial charge in [-0.3, -0.25) is 9.59 Å². The Morgan fingerprint density at radius 1 is 1.24 bits per heavy atom. The normalized spacial score (nSPS) is 27.4. The molecule has 3 rings (SSSR count). The topological polar surface area (TPSA) is 63.4 Å². The molecule has 1 aromatic rings. The van der Waals surface area contributed by atoms with E-state index in [0.717, 1.165) is 18.4 Å². The Balaban J connectivity index is 1.81. The average Bonchev–Trinajstić information content (AvgIpc) is 3.11. The minimum absolute atomic E-state index is 0.0523. The van der Waals surface area contributed by atoms with Gasteiger partial charge in [0.05, 0.1) is 11.8 Å². The Morgan fingerprint density at radius 2 is 1.92 bits per heavy atom. The van der Waals surface area contributed by atoms with Crippen LogP contribution in [-0.2, 0) is 16.0 Å². The highest BCUT2D eigenvalue weighted by atomic mass is 16.2. The number of nitrogens with zero attached hydrogens (tertiary/aromatic N) is 1. The first kappa shape index (κ1) is 17.7. The van der Waals surface area contributed by atoms with Crippen LogP contribution in [0.2, 0.25) is 0 Å². The predicted molar refractivity (Wildman–Crippen MR) is 98.8 cm³/mol. The summed E-state index contributed by atoms with van der Waals surface area (Å²) in [5, 5.41) is 0. The molecule has 2 aliphatic rings. The standard InChI is InChI=1S/C21H28N2O2/c1-14(2)10-11-21(20(22)25)13-17-8-9-18(21)23(17)19(24)12-16-6-4-15(3)5-7-16/h4-7,10,17-18H,8-9,11-13H2,1-3H3,(H2,22,25)/t17-,18+,21+/m0/s1. The molecule has 0 radical (unpaired) electrons. The Morgan fingerprint density at radius 3 is 2.52 bits per heavy atom. The summed E-state index contributed by atoms with van der Waals surface area (Å²) < 4.78 is 0. The second-order valence-corrected chi connectivity index (χ2v) is 7.92. The van der Waals surface area contributed by atoms with E-state index >= 15 is 0 Å². The van der Waals surface area contributed by atoms with E-state index in [9.17, 15) is 9.59 Å². The van der Waals surface area contributed by atoms with E-state index in [2.05, 4.69) is 6.08 Å². The molecule has 2 aliphatic heterocycles. The van der Waals surface area contributed by atoms with E-state index in [-0.39, 0.29) is 23.9 Å². The fourth-order valence-electron chi connectivity index (χ4n) is 4.50. The molecule has 2 saturated heterocycles. The number of allylic oxidation sites excluding steroid dienone is 2. The van der Waals surface area contributed by atoms with Crippen LogP contribution in [0.15, 0.2) is 35.9 Å². The largest absolute Gasteiger partial charge is 0.369 e. The summed E-state index contributed by atoms with van der Waals surface area (Å²) in [6.45, 7) is 6.10. The van der Waals surface area contributed by atoms with Crippen LogP contribution in [0.3, 0.4) is 0 Å². The summed E-state index contributed by atoms with van der Waals surface area (Å²) >= 11 is 0. The molecule has 1 aromatic carbocycles. The third kappa shape index (κ3) is 3.22. The Labute approximate surface area is 150 Å². The van der Waals surface area contributed by atoms with Crippen molar-refractivity contribution >= 4 is 11.8 Å². The number of primary amides is 1. The maximum Gasteiger partial charge on any atom is 0.227 e. The highest BCUT2D eigenvalue weighted by molar-refractivity contribution is 5.86. The van der Waals surface area contributed by atoms with Gasteiger partial charge in [0.15, 0.2) is 0 Å². The third-order valence-electron chi connectivity index (χ3n) is 5.87. The zero-order valence-corrected chi connectivity index (χ0v) is 15.4. The molecule has 2 fully saturated rings. The van der Waals surface area contributed by atoms with Crippen LogP contribution in [0.25, 0.3) is 0 Å². The number of aryl methyl sites for hydroxylation is 1. The summed E-state index contributed by atoms with van der Waals surface area (Å²) in [4.78, 5) is 27.3. The lowest BCUT2D eigenvalue weighted by Gasteiger charge is -2.34. The fourth-order valence-corrected chi connectivity index (χ4v) is 4.50. The van der Waals surface area contributed by atoms with Crippen LogP contribution in [0.5, 0.6) is 0 Å². The van der Waals surface area contributed by atoms with Gasteiger partial charge in [-0.1, -0.05) is 41.5 Å². The van der Waals surface area contributed by atoms with Gasteiger partial charge in [0.1, 0.15) is 0 Å². The summed E-state index contributed by atoms with van der Waals surface area (Å²) in [5.74, 6) is -0.137.